The van der Waals surface area contributed by atoms with Gasteiger partial charge in [-0.2, -0.15) is 0 Å². The van der Waals surface area contributed by atoms with Crippen LogP contribution in [-0.4, -0.2) is 25.0 Å². The van der Waals surface area contributed by atoms with E-state index < -0.39 is 6.04 Å². The average Bonchev–Trinajstić information content (AvgIpc) is 3.05. The van der Waals surface area contributed by atoms with E-state index in [2.05, 4.69) is 10.6 Å². The molecular weight excluding hydrogens is 364 g/mol. The molecule has 0 aromatic heterocycles. The minimum absolute atomic E-state index is 0. The standard InChI is InChI=1S/C20H24N4O2.ClH/c1-3-22-20(26)24-11-10-14-8-9-16(12-17(14)24)23-19(25)18(21)15-6-4-13(2)5-7-15;/h4-9,12,18H,3,10-11,21H2,1-2H3,(H,22,26)(H,23,25);1H. The number of fused-ring (bicyclic) bond motifs is 1. The molecule has 0 saturated heterocycles. The van der Waals surface area contributed by atoms with Crippen LogP contribution < -0.4 is 21.3 Å². The second kappa shape index (κ2) is 8.88. The Morgan fingerprint density at radius 3 is 2.56 bits per heavy atom. The molecule has 0 bridgehead atoms. The molecule has 3 amide bonds. The zero-order chi connectivity index (χ0) is 18.7. The zero-order valence-corrected chi connectivity index (χ0v) is 16.3. The molecule has 3 rings (SSSR count). The Kier molecular flexibility index (Phi) is 6.82. The number of halogens is 1. The number of aryl methyl sites for hydroxylation is 1. The van der Waals surface area contributed by atoms with Crippen LogP contribution in [-0.2, 0) is 11.2 Å². The molecule has 0 saturated carbocycles. The minimum atomic E-state index is -0.747. The van der Waals surface area contributed by atoms with Crippen LogP contribution in [0.1, 0.15) is 29.7 Å². The second-order valence-electron chi connectivity index (χ2n) is 6.46. The molecule has 1 unspecified atom stereocenters. The summed E-state index contributed by atoms with van der Waals surface area (Å²) in [6.07, 6.45) is 0.809. The summed E-state index contributed by atoms with van der Waals surface area (Å²) in [5, 5.41) is 5.67. The van der Waals surface area contributed by atoms with Crippen LogP contribution in [0.4, 0.5) is 16.2 Å². The maximum absolute atomic E-state index is 12.5. The Balaban J connectivity index is 0.00000261. The summed E-state index contributed by atoms with van der Waals surface area (Å²) < 4.78 is 0. The molecule has 1 aliphatic heterocycles. The zero-order valence-electron chi connectivity index (χ0n) is 15.5. The average molecular weight is 389 g/mol. The molecule has 0 fully saturated rings. The van der Waals surface area contributed by atoms with Crippen molar-refractivity contribution >= 4 is 35.7 Å². The fourth-order valence-corrected chi connectivity index (χ4v) is 3.06. The van der Waals surface area contributed by atoms with Crippen molar-refractivity contribution in [2.75, 3.05) is 23.3 Å². The maximum Gasteiger partial charge on any atom is 0.321 e. The fraction of sp³-hybridized carbons (Fsp3) is 0.300. The largest absolute Gasteiger partial charge is 0.338 e. The lowest BCUT2D eigenvalue weighted by Gasteiger charge is -2.19. The van der Waals surface area contributed by atoms with Crippen LogP contribution in [0, 0.1) is 6.92 Å². The predicted octanol–water partition coefficient (Wildman–Crippen LogP) is 3.15. The van der Waals surface area contributed by atoms with Gasteiger partial charge in [-0.25, -0.2) is 4.79 Å². The van der Waals surface area contributed by atoms with E-state index in [-0.39, 0.29) is 24.3 Å². The number of anilines is 2. The van der Waals surface area contributed by atoms with Crippen molar-refractivity contribution < 1.29 is 9.59 Å². The van der Waals surface area contributed by atoms with Crippen LogP contribution in [0.15, 0.2) is 42.5 Å². The number of hydrogen-bond acceptors (Lipinski definition) is 3. The van der Waals surface area contributed by atoms with E-state index in [4.69, 9.17) is 5.73 Å². The van der Waals surface area contributed by atoms with E-state index >= 15 is 0 Å². The molecule has 6 nitrogen and oxygen atoms in total. The topological polar surface area (TPSA) is 87.5 Å². The van der Waals surface area contributed by atoms with Gasteiger partial charge in [-0.15, -0.1) is 12.4 Å². The number of amides is 3. The van der Waals surface area contributed by atoms with Gasteiger partial charge in [-0.3, -0.25) is 9.69 Å². The summed E-state index contributed by atoms with van der Waals surface area (Å²) in [5.41, 5.74) is 10.5. The molecular formula is C20H25ClN4O2. The van der Waals surface area contributed by atoms with Crippen LogP contribution in [0.3, 0.4) is 0 Å². The minimum Gasteiger partial charge on any atom is -0.338 e. The van der Waals surface area contributed by atoms with E-state index in [0.29, 0.717) is 18.8 Å². The van der Waals surface area contributed by atoms with Crippen LogP contribution >= 0.6 is 12.4 Å². The van der Waals surface area contributed by atoms with Gasteiger partial charge in [-0.05, 0) is 43.5 Å². The van der Waals surface area contributed by atoms with Crippen LogP contribution in [0.2, 0.25) is 0 Å². The fourth-order valence-electron chi connectivity index (χ4n) is 3.06. The van der Waals surface area contributed by atoms with Crippen molar-refractivity contribution in [2.45, 2.75) is 26.3 Å². The molecule has 0 radical (unpaired) electrons. The normalized spacial score (nSPS) is 13.4. The van der Waals surface area contributed by atoms with Gasteiger partial charge in [0.25, 0.3) is 0 Å². The molecule has 1 heterocycles. The van der Waals surface area contributed by atoms with E-state index in [1.807, 2.05) is 56.3 Å². The van der Waals surface area contributed by atoms with Crippen LogP contribution in [0.5, 0.6) is 0 Å². The third-order valence-corrected chi connectivity index (χ3v) is 4.54. The number of nitrogens with one attached hydrogen (secondary N) is 2. The van der Waals surface area contributed by atoms with Crippen molar-refractivity contribution in [2.24, 2.45) is 5.73 Å². The van der Waals surface area contributed by atoms with Crippen molar-refractivity contribution in [3.8, 4) is 0 Å². The lowest BCUT2D eigenvalue weighted by molar-refractivity contribution is -0.117. The van der Waals surface area contributed by atoms with Gasteiger partial charge in [0.2, 0.25) is 5.91 Å². The molecule has 0 aliphatic carbocycles. The van der Waals surface area contributed by atoms with Gasteiger partial charge in [0.1, 0.15) is 6.04 Å². The quantitative estimate of drug-likeness (QED) is 0.751. The highest BCUT2D eigenvalue weighted by atomic mass is 35.5. The molecule has 144 valence electrons. The summed E-state index contributed by atoms with van der Waals surface area (Å²) in [4.78, 5) is 26.4. The Hall–Kier alpha value is -2.57. The molecule has 1 atom stereocenters. The summed E-state index contributed by atoms with van der Waals surface area (Å²) >= 11 is 0. The monoisotopic (exact) mass is 388 g/mol. The predicted molar refractivity (Wildman–Crippen MR) is 111 cm³/mol. The summed E-state index contributed by atoms with van der Waals surface area (Å²) in [7, 11) is 0. The number of rotatable bonds is 4. The number of carbonyl (C=O) groups excluding carboxylic acids is 2. The van der Waals surface area contributed by atoms with E-state index in [0.717, 1.165) is 28.8 Å². The molecule has 7 heteroatoms. The van der Waals surface area contributed by atoms with Crippen molar-refractivity contribution in [1.82, 2.24) is 5.32 Å². The molecule has 4 N–H and O–H groups in total. The number of hydrogen-bond donors (Lipinski definition) is 3. The van der Waals surface area contributed by atoms with E-state index in [1.165, 1.54) is 0 Å². The highest BCUT2D eigenvalue weighted by Crippen LogP contribution is 2.31. The first-order valence-electron chi connectivity index (χ1n) is 8.81. The van der Waals surface area contributed by atoms with Crippen molar-refractivity contribution in [1.29, 1.82) is 0 Å². The number of nitrogens with zero attached hydrogens (tertiary/aromatic N) is 1. The van der Waals surface area contributed by atoms with Crippen LogP contribution in [0.25, 0.3) is 0 Å². The highest BCUT2D eigenvalue weighted by Gasteiger charge is 2.25. The highest BCUT2D eigenvalue weighted by molar-refractivity contribution is 5.98. The Morgan fingerprint density at radius 2 is 1.89 bits per heavy atom. The molecule has 27 heavy (non-hydrogen) atoms. The van der Waals surface area contributed by atoms with Gasteiger partial charge in [0.05, 0.1) is 5.69 Å². The second-order valence-corrected chi connectivity index (χ2v) is 6.46. The molecule has 2 aromatic rings. The lowest BCUT2D eigenvalue weighted by atomic mass is 10.1. The summed E-state index contributed by atoms with van der Waals surface area (Å²) in [6, 6.07) is 12.3. The lowest BCUT2D eigenvalue weighted by Crippen LogP contribution is -2.38. The third kappa shape index (κ3) is 4.59. The first-order valence-corrected chi connectivity index (χ1v) is 8.81. The Labute approximate surface area is 165 Å². The van der Waals surface area contributed by atoms with Gasteiger partial charge < -0.3 is 16.4 Å². The maximum atomic E-state index is 12.5. The number of urea groups is 1. The molecule has 0 spiro atoms. The first-order chi connectivity index (χ1) is 12.5. The molecule has 1 aliphatic rings. The molecule has 2 aromatic carbocycles. The first kappa shape index (κ1) is 20.7. The van der Waals surface area contributed by atoms with Gasteiger partial charge in [0, 0.05) is 18.8 Å². The number of nitrogens with two attached hydrogens (primary N) is 1. The van der Waals surface area contributed by atoms with Gasteiger partial charge >= 0.3 is 6.03 Å². The van der Waals surface area contributed by atoms with E-state index in [1.54, 1.807) is 4.90 Å². The number of carbonyl (C=O) groups is 2. The van der Waals surface area contributed by atoms with Gasteiger partial charge in [0.15, 0.2) is 0 Å². The van der Waals surface area contributed by atoms with E-state index in [9.17, 15) is 9.59 Å². The van der Waals surface area contributed by atoms with Crippen molar-refractivity contribution in [3.05, 3.63) is 59.2 Å². The summed E-state index contributed by atoms with van der Waals surface area (Å²) in [6.45, 7) is 5.09. The SMILES string of the molecule is CCNC(=O)N1CCc2ccc(NC(=O)C(N)c3ccc(C)cc3)cc21.Cl. The Morgan fingerprint density at radius 1 is 1.19 bits per heavy atom. The van der Waals surface area contributed by atoms with Gasteiger partial charge in [-0.1, -0.05) is 35.9 Å². The smallest absolute Gasteiger partial charge is 0.321 e. The summed E-state index contributed by atoms with van der Waals surface area (Å²) in [5.74, 6) is -0.281. The van der Waals surface area contributed by atoms with Crippen molar-refractivity contribution in [3.63, 3.8) is 0 Å². The Bertz CT molecular complexity index is 823. The number of benzene rings is 2. The third-order valence-electron chi connectivity index (χ3n) is 4.54.